The van der Waals surface area contributed by atoms with Crippen molar-refractivity contribution in [2.75, 3.05) is 6.61 Å². The molecule has 0 unspecified atom stereocenters. The van der Waals surface area contributed by atoms with Crippen molar-refractivity contribution in [3.8, 4) is 0 Å². The molecule has 84 valence electrons. The number of hydrogen-bond donors (Lipinski definition) is 1. The zero-order chi connectivity index (χ0) is 11.6. The van der Waals surface area contributed by atoms with Crippen molar-refractivity contribution in [1.82, 2.24) is 9.78 Å². The van der Waals surface area contributed by atoms with E-state index < -0.39 is 16.0 Å². The lowest BCUT2D eigenvalue weighted by Gasteiger charge is -1.99. The zero-order valence-corrected chi connectivity index (χ0v) is 9.11. The molecule has 1 aromatic rings. The van der Waals surface area contributed by atoms with Gasteiger partial charge in [-0.15, -0.1) is 0 Å². The Kier molecular flexibility index (Phi) is 3.10. The van der Waals surface area contributed by atoms with Gasteiger partial charge in [0.05, 0.1) is 6.61 Å². The molecule has 0 radical (unpaired) electrons. The molecule has 0 spiro atoms. The Morgan fingerprint density at radius 2 is 2.27 bits per heavy atom. The molecule has 7 nitrogen and oxygen atoms in total. The standard InChI is InChI=1S/C7H11N3O4S/c1-3-14-7(11)6-5(15(8,12)13)4-10(2)9-6/h4H,3H2,1-2H3,(H2,8,12,13). The third kappa shape index (κ3) is 2.54. The molecule has 0 aromatic carbocycles. The predicted molar refractivity (Wildman–Crippen MR) is 50.5 cm³/mol. The Labute approximate surface area is 86.9 Å². The Hall–Kier alpha value is -1.41. The van der Waals surface area contributed by atoms with Crippen molar-refractivity contribution in [3.05, 3.63) is 11.9 Å². The molecule has 0 saturated carbocycles. The summed E-state index contributed by atoms with van der Waals surface area (Å²) < 4.78 is 28.0. The quantitative estimate of drug-likeness (QED) is 0.691. The number of carbonyl (C=O) groups is 1. The maximum atomic E-state index is 11.3. The number of carbonyl (C=O) groups excluding carboxylic acids is 1. The van der Waals surface area contributed by atoms with Crippen LogP contribution in [-0.4, -0.2) is 30.8 Å². The van der Waals surface area contributed by atoms with Crippen LogP contribution in [0.25, 0.3) is 0 Å². The lowest BCUT2D eigenvalue weighted by molar-refractivity contribution is 0.0514. The fourth-order valence-corrected chi connectivity index (χ4v) is 1.71. The summed E-state index contributed by atoms with van der Waals surface area (Å²) >= 11 is 0. The minimum Gasteiger partial charge on any atom is -0.461 e. The largest absolute Gasteiger partial charge is 0.461 e. The number of nitrogens with zero attached hydrogens (tertiary/aromatic N) is 2. The highest BCUT2D eigenvalue weighted by Gasteiger charge is 2.24. The van der Waals surface area contributed by atoms with Gasteiger partial charge >= 0.3 is 5.97 Å². The number of hydrogen-bond acceptors (Lipinski definition) is 5. The first-order chi connectivity index (χ1) is 6.86. The SMILES string of the molecule is CCOC(=O)c1nn(C)cc1S(N)(=O)=O. The minimum absolute atomic E-state index is 0.138. The van der Waals surface area contributed by atoms with Gasteiger partial charge in [-0.1, -0.05) is 0 Å². The molecular weight excluding hydrogens is 222 g/mol. The molecule has 1 aromatic heterocycles. The van der Waals surface area contributed by atoms with Crippen molar-refractivity contribution in [3.63, 3.8) is 0 Å². The van der Waals surface area contributed by atoms with E-state index in [1.807, 2.05) is 0 Å². The number of aryl methyl sites for hydroxylation is 1. The fraction of sp³-hybridized carbons (Fsp3) is 0.429. The molecule has 8 heteroatoms. The van der Waals surface area contributed by atoms with Crippen LogP contribution < -0.4 is 5.14 Å². The van der Waals surface area contributed by atoms with Crippen molar-refractivity contribution >= 4 is 16.0 Å². The molecule has 0 bridgehead atoms. The summed E-state index contributed by atoms with van der Waals surface area (Å²) in [6.45, 7) is 1.75. The van der Waals surface area contributed by atoms with Crippen LogP contribution in [-0.2, 0) is 21.8 Å². The van der Waals surface area contributed by atoms with Gasteiger partial charge in [0, 0.05) is 13.2 Å². The summed E-state index contributed by atoms with van der Waals surface area (Å²) in [6, 6.07) is 0. The third-order valence-electron chi connectivity index (χ3n) is 1.57. The molecule has 0 fully saturated rings. The molecule has 0 amide bonds. The fourth-order valence-electron chi connectivity index (χ4n) is 1.02. The maximum Gasteiger partial charge on any atom is 0.360 e. The molecule has 15 heavy (non-hydrogen) atoms. The number of rotatable bonds is 3. The van der Waals surface area contributed by atoms with Gasteiger partial charge in [0.1, 0.15) is 4.90 Å². The van der Waals surface area contributed by atoms with Crippen molar-refractivity contribution in [1.29, 1.82) is 0 Å². The van der Waals surface area contributed by atoms with Crippen LogP contribution in [0.5, 0.6) is 0 Å². The number of sulfonamides is 1. The van der Waals surface area contributed by atoms with Crippen LogP contribution in [0.2, 0.25) is 0 Å². The zero-order valence-electron chi connectivity index (χ0n) is 8.30. The van der Waals surface area contributed by atoms with Gasteiger partial charge in [-0.05, 0) is 6.92 Å². The molecule has 1 rings (SSSR count). The number of aromatic nitrogens is 2. The molecule has 0 atom stereocenters. The van der Waals surface area contributed by atoms with Crippen LogP contribution in [0, 0.1) is 0 Å². The number of nitrogens with two attached hydrogens (primary N) is 1. The molecule has 1 heterocycles. The summed E-state index contributed by atoms with van der Waals surface area (Å²) in [5.74, 6) is -0.804. The predicted octanol–water partition coefficient (Wildman–Crippen LogP) is -0.756. The van der Waals surface area contributed by atoms with Crippen molar-refractivity contribution < 1.29 is 17.9 Å². The highest BCUT2D eigenvalue weighted by atomic mass is 32.2. The first kappa shape index (κ1) is 11.7. The number of primary sulfonamides is 1. The second-order valence-electron chi connectivity index (χ2n) is 2.78. The molecule has 0 aliphatic heterocycles. The van der Waals surface area contributed by atoms with E-state index in [2.05, 4.69) is 9.84 Å². The molecule has 0 aliphatic carbocycles. The van der Waals surface area contributed by atoms with E-state index in [4.69, 9.17) is 5.14 Å². The van der Waals surface area contributed by atoms with E-state index in [0.717, 1.165) is 6.20 Å². The van der Waals surface area contributed by atoms with Gasteiger partial charge in [0.15, 0.2) is 5.69 Å². The highest BCUT2D eigenvalue weighted by molar-refractivity contribution is 7.89. The summed E-state index contributed by atoms with van der Waals surface area (Å²) in [5, 5.41) is 8.59. The third-order valence-corrected chi connectivity index (χ3v) is 2.48. The first-order valence-corrected chi connectivity index (χ1v) is 5.64. The monoisotopic (exact) mass is 233 g/mol. The summed E-state index contributed by atoms with van der Waals surface area (Å²) in [5.41, 5.74) is -0.290. The number of ether oxygens (including phenoxy) is 1. The van der Waals surface area contributed by atoms with E-state index >= 15 is 0 Å². The highest BCUT2D eigenvalue weighted by Crippen LogP contribution is 2.12. The Morgan fingerprint density at radius 3 is 2.73 bits per heavy atom. The van der Waals surface area contributed by atoms with E-state index in [1.54, 1.807) is 6.92 Å². The van der Waals surface area contributed by atoms with Crippen LogP contribution in [0.4, 0.5) is 0 Å². The van der Waals surface area contributed by atoms with Gasteiger partial charge < -0.3 is 4.74 Å². The Balaban J connectivity index is 3.24. The summed E-state index contributed by atoms with van der Waals surface area (Å²) in [4.78, 5) is 11.0. The van der Waals surface area contributed by atoms with Crippen LogP contribution in [0.15, 0.2) is 11.1 Å². The normalized spacial score (nSPS) is 11.4. The molecule has 2 N–H and O–H groups in total. The summed E-state index contributed by atoms with van der Waals surface area (Å²) in [6.07, 6.45) is 1.15. The van der Waals surface area contributed by atoms with Crippen LogP contribution in [0.1, 0.15) is 17.4 Å². The smallest absolute Gasteiger partial charge is 0.360 e. The van der Waals surface area contributed by atoms with Crippen molar-refractivity contribution in [2.24, 2.45) is 12.2 Å². The van der Waals surface area contributed by atoms with E-state index in [9.17, 15) is 13.2 Å². The summed E-state index contributed by atoms with van der Waals surface area (Å²) in [7, 11) is -2.48. The van der Waals surface area contributed by atoms with E-state index in [0.29, 0.717) is 0 Å². The maximum absolute atomic E-state index is 11.3. The second kappa shape index (κ2) is 3.99. The minimum atomic E-state index is -3.96. The lowest BCUT2D eigenvalue weighted by Crippen LogP contribution is -2.17. The number of esters is 1. The first-order valence-electron chi connectivity index (χ1n) is 4.09. The molecular formula is C7H11N3O4S. The lowest BCUT2D eigenvalue weighted by atomic mass is 10.4. The molecule has 0 aliphatic rings. The average Bonchev–Trinajstić information content (AvgIpc) is 2.47. The average molecular weight is 233 g/mol. The van der Waals surface area contributed by atoms with Gasteiger partial charge in [-0.3, -0.25) is 4.68 Å². The Morgan fingerprint density at radius 1 is 1.67 bits per heavy atom. The van der Waals surface area contributed by atoms with Crippen molar-refractivity contribution in [2.45, 2.75) is 11.8 Å². The van der Waals surface area contributed by atoms with Gasteiger partial charge in [0.25, 0.3) is 0 Å². The van der Waals surface area contributed by atoms with Gasteiger partial charge in [-0.25, -0.2) is 18.4 Å². The Bertz CT molecular complexity index is 476. The second-order valence-corrected chi connectivity index (χ2v) is 4.31. The van der Waals surface area contributed by atoms with Gasteiger partial charge in [-0.2, -0.15) is 5.10 Å². The topological polar surface area (TPSA) is 104 Å². The van der Waals surface area contributed by atoms with E-state index in [-0.39, 0.29) is 17.2 Å². The van der Waals surface area contributed by atoms with Crippen LogP contribution >= 0.6 is 0 Å². The molecule has 0 saturated heterocycles. The van der Waals surface area contributed by atoms with E-state index in [1.165, 1.54) is 11.7 Å². The van der Waals surface area contributed by atoms with Gasteiger partial charge in [0.2, 0.25) is 10.0 Å². The van der Waals surface area contributed by atoms with Crippen LogP contribution in [0.3, 0.4) is 0 Å².